The molecule has 0 radical (unpaired) electrons. The standard InChI is InChI=1S/C20H18F2O3/c1-3-24-18-11-7-15-12-14(13-4-8-16(23-2)9-5-13)6-10-17(15)19(18)25-20(21)22/h4-12,20H,3H2,1-2H3. The minimum atomic E-state index is -2.91. The van der Waals surface area contributed by atoms with Crippen LogP contribution in [0.5, 0.6) is 17.2 Å². The van der Waals surface area contributed by atoms with E-state index < -0.39 is 6.61 Å². The lowest BCUT2D eigenvalue weighted by atomic mass is 10.0. The Balaban J connectivity index is 2.06. The Labute approximate surface area is 144 Å². The van der Waals surface area contributed by atoms with E-state index in [4.69, 9.17) is 14.2 Å². The molecule has 0 fully saturated rings. The molecule has 0 saturated heterocycles. The van der Waals surface area contributed by atoms with Crippen molar-refractivity contribution in [2.75, 3.05) is 13.7 Å². The van der Waals surface area contributed by atoms with Gasteiger partial charge in [-0.25, -0.2) is 0 Å². The van der Waals surface area contributed by atoms with E-state index in [2.05, 4.69) is 0 Å². The minimum Gasteiger partial charge on any atom is -0.497 e. The molecule has 0 aromatic heterocycles. The van der Waals surface area contributed by atoms with E-state index in [1.165, 1.54) is 0 Å². The van der Waals surface area contributed by atoms with Gasteiger partial charge >= 0.3 is 6.61 Å². The molecule has 130 valence electrons. The van der Waals surface area contributed by atoms with E-state index in [1.807, 2.05) is 42.5 Å². The first-order chi connectivity index (χ1) is 12.1. The SMILES string of the molecule is CCOc1ccc2cc(-c3ccc(OC)cc3)ccc2c1OC(F)F. The van der Waals surface area contributed by atoms with Crippen molar-refractivity contribution in [3.05, 3.63) is 54.6 Å². The van der Waals surface area contributed by atoms with Gasteiger partial charge in [0.1, 0.15) is 5.75 Å². The summed E-state index contributed by atoms with van der Waals surface area (Å²) in [6, 6.07) is 16.7. The maximum atomic E-state index is 12.8. The van der Waals surface area contributed by atoms with Gasteiger partial charge in [-0.2, -0.15) is 8.78 Å². The van der Waals surface area contributed by atoms with E-state index in [0.717, 1.165) is 22.3 Å². The van der Waals surface area contributed by atoms with Crippen molar-refractivity contribution in [1.29, 1.82) is 0 Å². The Morgan fingerprint density at radius 2 is 1.64 bits per heavy atom. The third kappa shape index (κ3) is 3.65. The van der Waals surface area contributed by atoms with Crippen molar-refractivity contribution in [2.45, 2.75) is 13.5 Å². The largest absolute Gasteiger partial charge is 0.497 e. The van der Waals surface area contributed by atoms with Crippen LogP contribution >= 0.6 is 0 Å². The molecular weight excluding hydrogens is 326 g/mol. The van der Waals surface area contributed by atoms with Crippen molar-refractivity contribution in [3.8, 4) is 28.4 Å². The highest BCUT2D eigenvalue weighted by molar-refractivity contribution is 5.93. The molecule has 0 unspecified atom stereocenters. The van der Waals surface area contributed by atoms with Gasteiger partial charge in [0.25, 0.3) is 0 Å². The Morgan fingerprint density at radius 1 is 0.920 bits per heavy atom. The number of fused-ring (bicyclic) bond motifs is 1. The highest BCUT2D eigenvalue weighted by atomic mass is 19.3. The molecule has 0 aliphatic carbocycles. The molecule has 3 rings (SSSR count). The molecule has 3 aromatic carbocycles. The number of halogens is 2. The van der Waals surface area contributed by atoms with Crippen molar-refractivity contribution in [1.82, 2.24) is 0 Å². The molecule has 3 nitrogen and oxygen atoms in total. The normalized spacial score (nSPS) is 10.9. The summed E-state index contributed by atoms with van der Waals surface area (Å²) in [6.45, 7) is -0.746. The number of methoxy groups -OCH3 is 1. The topological polar surface area (TPSA) is 27.7 Å². The molecule has 0 aliphatic heterocycles. The van der Waals surface area contributed by atoms with E-state index in [9.17, 15) is 8.78 Å². The van der Waals surface area contributed by atoms with Crippen LogP contribution in [0, 0.1) is 0 Å². The molecule has 25 heavy (non-hydrogen) atoms. The van der Waals surface area contributed by atoms with Crippen LogP contribution in [0.15, 0.2) is 54.6 Å². The number of alkyl halides is 2. The van der Waals surface area contributed by atoms with Crippen molar-refractivity contribution in [3.63, 3.8) is 0 Å². The minimum absolute atomic E-state index is 0.0654. The van der Waals surface area contributed by atoms with E-state index in [1.54, 1.807) is 26.2 Å². The average Bonchev–Trinajstić information content (AvgIpc) is 2.63. The lowest BCUT2D eigenvalue weighted by Crippen LogP contribution is -2.05. The fourth-order valence-electron chi connectivity index (χ4n) is 2.72. The van der Waals surface area contributed by atoms with Crippen molar-refractivity contribution < 1.29 is 23.0 Å². The van der Waals surface area contributed by atoms with Gasteiger partial charge in [-0.05, 0) is 53.8 Å². The zero-order valence-electron chi connectivity index (χ0n) is 14.0. The van der Waals surface area contributed by atoms with Gasteiger partial charge < -0.3 is 14.2 Å². The first-order valence-electron chi connectivity index (χ1n) is 7.91. The Bertz CT molecular complexity index is 861. The third-order valence-electron chi connectivity index (χ3n) is 3.86. The molecule has 5 heteroatoms. The second kappa shape index (κ2) is 7.38. The van der Waals surface area contributed by atoms with Crippen LogP contribution in [0.25, 0.3) is 21.9 Å². The maximum Gasteiger partial charge on any atom is 0.387 e. The highest BCUT2D eigenvalue weighted by Gasteiger charge is 2.15. The molecule has 0 saturated carbocycles. The first kappa shape index (κ1) is 17.0. The summed E-state index contributed by atoms with van der Waals surface area (Å²) in [6.07, 6.45) is 0. The molecule has 0 atom stereocenters. The summed E-state index contributed by atoms with van der Waals surface area (Å²) in [5, 5.41) is 1.39. The van der Waals surface area contributed by atoms with Gasteiger partial charge in [0.2, 0.25) is 0 Å². The van der Waals surface area contributed by atoms with E-state index in [0.29, 0.717) is 17.7 Å². The molecule has 0 spiro atoms. The summed E-state index contributed by atoms with van der Waals surface area (Å²) in [7, 11) is 1.62. The van der Waals surface area contributed by atoms with Gasteiger partial charge in [-0.3, -0.25) is 0 Å². The highest BCUT2D eigenvalue weighted by Crippen LogP contribution is 2.38. The molecule has 0 N–H and O–H groups in total. The van der Waals surface area contributed by atoms with Crippen molar-refractivity contribution in [2.24, 2.45) is 0 Å². The predicted molar refractivity (Wildman–Crippen MR) is 93.7 cm³/mol. The fraction of sp³-hybridized carbons (Fsp3) is 0.200. The van der Waals surface area contributed by atoms with E-state index >= 15 is 0 Å². The number of hydrogen-bond acceptors (Lipinski definition) is 3. The monoisotopic (exact) mass is 344 g/mol. The van der Waals surface area contributed by atoms with Crippen LogP contribution in [-0.4, -0.2) is 20.3 Å². The lowest BCUT2D eigenvalue weighted by Gasteiger charge is -2.14. The quantitative estimate of drug-likeness (QED) is 0.590. The molecule has 3 aromatic rings. The number of benzene rings is 3. The Kier molecular flexibility index (Phi) is 5.03. The summed E-state index contributed by atoms with van der Waals surface area (Å²) < 4.78 is 40.9. The lowest BCUT2D eigenvalue weighted by molar-refractivity contribution is -0.0503. The van der Waals surface area contributed by atoms with Gasteiger partial charge in [-0.15, -0.1) is 0 Å². The molecule has 0 aliphatic rings. The zero-order chi connectivity index (χ0) is 17.8. The first-order valence-corrected chi connectivity index (χ1v) is 7.91. The second-order valence-electron chi connectivity index (χ2n) is 5.37. The fourth-order valence-corrected chi connectivity index (χ4v) is 2.72. The molecule has 0 bridgehead atoms. The van der Waals surface area contributed by atoms with Gasteiger partial charge in [0.05, 0.1) is 13.7 Å². The van der Waals surface area contributed by atoms with Crippen LogP contribution in [0.1, 0.15) is 6.92 Å². The average molecular weight is 344 g/mol. The summed E-state index contributed by atoms with van der Waals surface area (Å²) in [4.78, 5) is 0. The molecular formula is C20H18F2O3. The Morgan fingerprint density at radius 3 is 2.28 bits per heavy atom. The van der Waals surface area contributed by atoms with Crippen molar-refractivity contribution >= 4 is 10.8 Å². The van der Waals surface area contributed by atoms with Crippen LogP contribution in [0.2, 0.25) is 0 Å². The zero-order valence-corrected chi connectivity index (χ0v) is 14.0. The third-order valence-corrected chi connectivity index (χ3v) is 3.86. The molecule has 0 amide bonds. The Hall–Kier alpha value is -2.82. The summed E-state index contributed by atoms with van der Waals surface area (Å²) in [5.41, 5.74) is 1.98. The number of rotatable bonds is 6. The van der Waals surface area contributed by atoms with Gasteiger partial charge in [0, 0.05) is 5.39 Å². The van der Waals surface area contributed by atoms with Gasteiger partial charge in [-0.1, -0.05) is 24.3 Å². The van der Waals surface area contributed by atoms with E-state index in [-0.39, 0.29) is 5.75 Å². The number of hydrogen-bond donors (Lipinski definition) is 0. The molecule has 0 heterocycles. The predicted octanol–water partition coefficient (Wildman–Crippen LogP) is 5.52. The van der Waals surface area contributed by atoms with Crippen LogP contribution in [0.4, 0.5) is 8.78 Å². The maximum absolute atomic E-state index is 12.8. The second-order valence-corrected chi connectivity index (χ2v) is 5.37. The smallest absolute Gasteiger partial charge is 0.387 e. The van der Waals surface area contributed by atoms with Gasteiger partial charge in [0.15, 0.2) is 11.5 Å². The number of ether oxygens (including phenoxy) is 3. The van der Waals surface area contributed by atoms with Crippen LogP contribution in [-0.2, 0) is 0 Å². The summed E-state index contributed by atoms with van der Waals surface area (Å²) >= 11 is 0. The summed E-state index contributed by atoms with van der Waals surface area (Å²) in [5.74, 6) is 1.15. The van der Waals surface area contributed by atoms with Crippen LogP contribution in [0.3, 0.4) is 0 Å². The van der Waals surface area contributed by atoms with Crippen LogP contribution < -0.4 is 14.2 Å².